The number of benzene rings is 2. The number of phenols is 1. The number of H-pyrrole nitrogens is 1. The lowest BCUT2D eigenvalue weighted by molar-refractivity contribution is 0.373. The van der Waals surface area contributed by atoms with Crippen molar-refractivity contribution in [2.24, 2.45) is 5.10 Å². The van der Waals surface area contributed by atoms with Gasteiger partial charge in [-0.05, 0) is 36.0 Å². The molecule has 2 N–H and O–H groups in total. The normalized spacial score (nSPS) is 11.0. The van der Waals surface area contributed by atoms with Gasteiger partial charge in [0.15, 0.2) is 17.3 Å². The van der Waals surface area contributed by atoms with Crippen LogP contribution in [0, 0.1) is 4.77 Å². The first-order valence-corrected chi connectivity index (χ1v) is 7.24. The minimum absolute atomic E-state index is 0.0783. The molecule has 2 aromatic carbocycles. The Bertz CT molecular complexity index is 900. The van der Waals surface area contributed by atoms with E-state index in [0.717, 1.165) is 11.1 Å². The Morgan fingerprint density at radius 2 is 2.04 bits per heavy atom. The van der Waals surface area contributed by atoms with Gasteiger partial charge in [-0.3, -0.25) is 0 Å². The summed E-state index contributed by atoms with van der Waals surface area (Å²) in [5.74, 6) is 1.08. The lowest BCUT2D eigenvalue weighted by Crippen LogP contribution is -1.95. The zero-order valence-electron chi connectivity index (χ0n) is 12.3. The van der Waals surface area contributed by atoms with Crippen molar-refractivity contribution >= 4 is 18.4 Å². The topological polar surface area (TPSA) is 75.4 Å². The van der Waals surface area contributed by atoms with Crippen molar-refractivity contribution in [3.8, 4) is 22.9 Å². The molecular formula is C16H14N4O2S. The second kappa shape index (κ2) is 6.45. The highest BCUT2D eigenvalue weighted by atomic mass is 32.1. The number of hydrogen-bond acceptors (Lipinski definition) is 5. The fraction of sp³-hybridized carbons (Fsp3) is 0.0625. The van der Waals surface area contributed by atoms with Gasteiger partial charge in [-0.2, -0.15) is 14.9 Å². The van der Waals surface area contributed by atoms with Crippen LogP contribution in [0.25, 0.3) is 11.4 Å². The van der Waals surface area contributed by atoms with E-state index in [1.165, 1.54) is 7.11 Å². The van der Waals surface area contributed by atoms with Crippen molar-refractivity contribution in [1.82, 2.24) is 14.9 Å². The molecule has 0 aliphatic heterocycles. The predicted octanol–water partition coefficient (Wildman–Crippen LogP) is 3.20. The van der Waals surface area contributed by atoms with Gasteiger partial charge in [0.2, 0.25) is 4.77 Å². The zero-order valence-corrected chi connectivity index (χ0v) is 13.1. The monoisotopic (exact) mass is 326 g/mol. The quantitative estimate of drug-likeness (QED) is 0.570. The number of phenolic OH excluding ortho intramolecular Hbond substituents is 1. The van der Waals surface area contributed by atoms with Crippen molar-refractivity contribution in [1.29, 1.82) is 0 Å². The van der Waals surface area contributed by atoms with Crippen LogP contribution in [0.15, 0.2) is 53.6 Å². The van der Waals surface area contributed by atoms with Gasteiger partial charge in [0, 0.05) is 5.56 Å². The minimum atomic E-state index is 0.0783. The average Bonchev–Trinajstić information content (AvgIpc) is 2.95. The fourth-order valence-corrected chi connectivity index (χ4v) is 2.25. The summed E-state index contributed by atoms with van der Waals surface area (Å²) in [5, 5.41) is 20.9. The summed E-state index contributed by atoms with van der Waals surface area (Å²) < 4.78 is 7.02. The summed E-state index contributed by atoms with van der Waals surface area (Å²) in [4.78, 5) is 0. The highest BCUT2D eigenvalue weighted by molar-refractivity contribution is 7.71. The van der Waals surface area contributed by atoms with E-state index < -0.39 is 0 Å². The van der Waals surface area contributed by atoms with Crippen LogP contribution in [0.2, 0.25) is 0 Å². The lowest BCUT2D eigenvalue weighted by Gasteiger charge is -2.04. The van der Waals surface area contributed by atoms with Gasteiger partial charge in [0.25, 0.3) is 0 Å². The first-order chi connectivity index (χ1) is 11.2. The van der Waals surface area contributed by atoms with Gasteiger partial charge in [0.1, 0.15) is 0 Å². The Morgan fingerprint density at radius 3 is 2.78 bits per heavy atom. The summed E-state index contributed by atoms with van der Waals surface area (Å²) in [7, 11) is 1.50. The van der Waals surface area contributed by atoms with E-state index in [9.17, 15) is 5.11 Å². The van der Waals surface area contributed by atoms with Gasteiger partial charge in [-0.25, -0.2) is 5.10 Å². The molecule has 0 fully saturated rings. The molecule has 0 saturated heterocycles. The summed E-state index contributed by atoms with van der Waals surface area (Å²) in [6, 6.07) is 14.6. The minimum Gasteiger partial charge on any atom is -0.504 e. The molecule has 6 nitrogen and oxygen atoms in total. The maximum absolute atomic E-state index is 9.62. The predicted molar refractivity (Wildman–Crippen MR) is 90.5 cm³/mol. The molecule has 7 heteroatoms. The number of nitrogens with one attached hydrogen (secondary N) is 1. The Hall–Kier alpha value is -2.93. The Kier molecular flexibility index (Phi) is 4.20. The van der Waals surface area contributed by atoms with Crippen molar-refractivity contribution in [3.63, 3.8) is 0 Å². The molecule has 0 amide bonds. The molecule has 3 aromatic rings. The van der Waals surface area contributed by atoms with E-state index in [0.29, 0.717) is 16.3 Å². The molecular weight excluding hydrogens is 312 g/mol. The molecule has 1 aromatic heterocycles. The number of aromatic hydroxyl groups is 1. The third-order valence-electron chi connectivity index (χ3n) is 3.21. The number of rotatable bonds is 4. The molecule has 0 saturated carbocycles. The smallest absolute Gasteiger partial charge is 0.216 e. The number of hydrogen-bond donors (Lipinski definition) is 2. The largest absolute Gasteiger partial charge is 0.504 e. The molecule has 0 radical (unpaired) electrons. The van der Waals surface area contributed by atoms with Crippen LogP contribution >= 0.6 is 12.2 Å². The summed E-state index contributed by atoms with van der Waals surface area (Å²) in [6.07, 6.45) is 1.62. The standard InChI is InChI=1S/C16H14N4O2S/c1-22-14-9-11(7-8-13(14)21)10-17-20-15(18-19-16(20)23)12-5-3-2-4-6-12/h2-10,21H,1H3,(H,19,23)/b17-10-. The summed E-state index contributed by atoms with van der Waals surface area (Å²) >= 11 is 5.22. The van der Waals surface area contributed by atoms with Gasteiger partial charge in [-0.15, -0.1) is 0 Å². The highest BCUT2D eigenvalue weighted by Crippen LogP contribution is 2.25. The molecule has 0 bridgehead atoms. The number of ether oxygens (including phenoxy) is 1. The molecule has 116 valence electrons. The van der Waals surface area contributed by atoms with Gasteiger partial charge < -0.3 is 9.84 Å². The first-order valence-electron chi connectivity index (χ1n) is 6.83. The maximum atomic E-state index is 9.62. The molecule has 0 atom stereocenters. The molecule has 3 rings (SSSR count). The van der Waals surface area contributed by atoms with Crippen molar-refractivity contribution in [2.45, 2.75) is 0 Å². The fourth-order valence-electron chi connectivity index (χ4n) is 2.07. The van der Waals surface area contributed by atoms with Crippen LogP contribution < -0.4 is 4.74 Å². The van der Waals surface area contributed by atoms with Crippen LogP contribution in [-0.4, -0.2) is 33.3 Å². The van der Waals surface area contributed by atoms with Crippen LogP contribution in [0.4, 0.5) is 0 Å². The van der Waals surface area contributed by atoms with E-state index in [-0.39, 0.29) is 5.75 Å². The van der Waals surface area contributed by atoms with Crippen LogP contribution in [-0.2, 0) is 0 Å². The Morgan fingerprint density at radius 1 is 1.26 bits per heavy atom. The average molecular weight is 326 g/mol. The molecule has 23 heavy (non-hydrogen) atoms. The number of aromatic amines is 1. The van der Waals surface area contributed by atoms with Crippen molar-refractivity contribution in [3.05, 3.63) is 58.9 Å². The summed E-state index contributed by atoms with van der Waals surface area (Å²) in [6.45, 7) is 0. The Balaban J connectivity index is 1.98. The molecule has 1 heterocycles. The number of methoxy groups -OCH3 is 1. The summed E-state index contributed by atoms with van der Waals surface area (Å²) in [5.41, 5.74) is 1.67. The lowest BCUT2D eigenvalue weighted by atomic mass is 10.2. The van der Waals surface area contributed by atoms with Gasteiger partial charge in [-0.1, -0.05) is 30.3 Å². The second-order valence-corrected chi connectivity index (χ2v) is 5.09. The molecule has 0 spiro atoms. The third kappa shape index (κ3) is 3.14. The first kappa shape index (κ1) is 15.0. The second-order valence-electron chi connectivity index (χ2n) is 4.71. The third-order valence-corrected chi connectivity index (χ3v) is 3.47. The van der Waals surface area contributed by atoms with Crippen LogP contribution in [0.3, 0.4) is 0 Å². The van der Waals surface area contributed by atoms with Crippen molar-refractivity contribution in [2.75, 3.05) is 7.11 Å². The van der Waals surface area contributed by atoms with E-state index in [2.05, 4.69) is 15.3 Å². The van der Waals surface area contributed by atoms with E-state index in [1.807, 2.05) is 30.3 Å². The molecule has 0 aliphatic rings. The highest BCUT2D eigenvalue weighted by Gasteiger charge is 2.07. The van der Waals surface area contributed by atoms with Gasteiger partial charge in [0.05, 0.1) is 13.3 Å². The Labute approximate surface area is 137 Å². The van der Waals surface area contributed by atoms with Crippen LogP contribution in [0.5, 0.6) is 11.5 Å². The van der Waals surface area contributed by atoms with E-state index >= 15 is 0 Å². The van der Waals surface area contributed by atoms with E-state index in [1.54, 1.807) is 29.1 Å². The van der Waals surface area contributed by atoms with Gasteiger partial charge >= 0.3 is 0 Å². The zero-order chi connectivity index (χ0) is 16.2. The molecule has 0 unspecified atom stereocenters. The molecule has 0 aliphatic carbocycles. The number of nitrogens with zero attached hydrogens (tertiary/aromatic N) is 3. The maximum Gasteiger partial charge on any atom is 0.216 e. The number of aromatic nitrogens is 3. The SMILES string of the molecule is COc1cc(/C=N\n2c(-c3ccccc3)n[nH]c2=S)ccc1O. The van der Waals surface area contributed by atoms with E-state index in [4.69, 9.17) is 17.0 Å². The van der Waals surface area contributed by atoms with Crippen LogP contribution in [0.1, 0.15) is 5.56 Å². The van der Waals surface area contributed by atoms with Crippen molar-refractivity contribution < 1.29 is 9.84 Å².